The summed E-state index contributed by atoms with van der Waals surface area (Å²) in [6.45, 7) is 0.297. The molecule has 0 amide bonds. The van der Waals surface area contributed by atoms with Crippen LogP contribution in [0.15, 0.2) is 23.1 Å². The fourth-order valence-corrected chi connectivity index (χ4v) is 4.30. The van der Waals surface area contributed by atoms with E-state index in [0.717, 1.165) is 37.5 Å². The van der Waals surface area contributed by atoms with Crippen LogP contribution >= 0.6 is 11.8 Å². The van der Waals surface area contributed by atoms with Gasteiger partial charge < -0.3 is 5.11 Å². The number of nitrogens with zero attached hydrogens (tertiary/aromatic N) is 1. The number of nitro groups is 1. The SMILES string of the molecule is CSC1(CNS(=O)(=O)c2ccc(O)c([N+](=O)[O-])c2)CCC1. The number of sulfonamides is 1. The molecule has 0 bridgehead atoms. The number of rotatable bonds is 6. The van der Waals surface area contributed by atoms with Crippen molar-refractivity contribution >= 4 is 27.5 Å². The maximum atomic E-state index is 12.2. The first-order valence-corrected chi connectivity index (χ1v) is 9.03. The van der Waals surface area contributed by atoms with Crippen molar-refractivity contribution in [3.8, 4) is 5.75 Å². The number of benzene rings is 1. The summed E-state index contributed by atoms with van der Waals surface area (Å²) >= 11 is 1.63. The Morgan fingerprint density at radius 3 is 2.62 bits per heavy atom. The molecule has 1 aromatic rings. The summed E-state index contributed by atoms with van der Waals surface area (Å²) in [7, 11) is -3.83. The van der Waals surface area contributed by atoms with Gasteiger partial charge in [0.25, 0.3) is 0 Å². The first kappa shape index (κ1) is 16.1. The number of phenolic OH excluding ortho intramolecular Hbond substituents is 1. The van der Waals surface area contributed by atoms with Crippen LogP contribution in [-0.2, 0) is 10.0 Å². The van der Waals surface area contributed by atoms with Crippen molar-refractivity contribution in [2.75, 3.05) is 12.8 Å². The quantitative estimate of drug-likeness (QED) is 0.608. The lowest BCUT2D eigenvalue weighted by Gasteiger charge is -2.40. The highest BCUT2D eigenvalue weighted by Gasteiger charge is 2.37. The number of hydrogen-bond donors (Lipinski definition) is 2. The predicted octanol–water partition coefficient (Wildman–Crippen LogP) is 1.86. The fourth-order valence-electron chi connectivity index (χ4n) is 2.15. The molecule has 1 aromatic carbocycles. The highest BCUT2D eigenvalue weighted by Crippen LogP contribution is 2.42. The van der Waals surface area contributed by atoms with Gasteiger partial charge in [-0.05, 0) is 31.2 Å². The zero-order valence-corrected chi connectivity index (χ0v) is 13.0. The molecule has 7 nitrogen and oxygen atoms in total. The second-order valence-electron chi connectivity index (χ2n) is 4.97. The van der Waals surface area contributed by atoms with Crippen molar-refractivity contribution < 1.29 is 18.4 Å². The molecule has 2 N–H and O–H groups in total. The predicted molar refractivity (Wildman–Crippen MR) is 80.0 cm³/mol. The zero-order valence-electron chi connectivity index (χ0n) is 11.4. The van der Waals surface area contributed by atoms with Gasteiger partial charge in [0.2, 0.25) is 10.0 Å². The summed E-state index contributed by atoms with van der Waals surface area (Å²) in [5, 5.41) is 20.1. The summed E-state index contributed by atoms with van der Waals surface area (Å²) < 4.78 is 26.8. The second kappa shape index (κ2) is 5.82. The molecule has 1 saturated carbocycles. The Bertz CT molecular complexity index is 650. The van der Waals surface area contributed by atoms with Gasteiger partial charge in [-0.2, -0.15) is 11.8 Å². The molecule has 0 aliphatic heterocycles. The van der Waals surface area contributed by atoms with Crippen LogP contribution in [0, 0.1) is 10.1 Å². The molecule has 0 heterocycles. The van der Waals surface area contributed by atoms with Crippen molar-refractivity contribution in [2.24, 2.45) is 0 Å². The van der Waals surface area contributed by atoms with Crippen molar-refractivity contribution in [1.29, 1.82) is 0 Å². The minimum atomic E-state index is -3.83. The molecule has 0 radical (unpaired) electrons. The third-order valence-electron chi connectivity index (χ3n) is 3.74. The highest BCUT2D eigenvalue weighted by molar-refractivity contribution is 8.00. The van der Waals surface area contributed by atoms with Crippen molar-refractivity contribution in [3.05, 3.63) is 28.3 Å². The number of thioether (sulfide) groups is 1. The lowest BCUT2D eigenvalue weighted by Crippen LogP contribution is -2.45. The van der Waals surface area contributed by atoms with Gasteiger partial charge in [-0.15, -0.1) is 0 Å². The van der Waals surface area contributed by atoms with Gasteiger partial charge in [-0.25, -0.2) is 13.1 Å². The van der Waals surface area contributed by atoms with E-state index in [1.807, 2.05) is 6.26 Å². The third-order valence-corrected chi connectivity index (χ3v) is 6.55. The molecule has 2 rings (SSSR count). The van der Waals surface area contributed by atoms with E-state index < -0.39 is 26.4 Å². The molecule has 1 fully saturated rings. The third kappa shape index (κ3) is 3.30. The standard InChI is InChI=1S/C12H16N2O5S2/c1-20-12(5-2-6-12)8-13-21(18,19)9-3-4-11(15)10(7-9)14(16)17/h3-4,7,13,15H,2,5-6,8H2,1H3. The van der Waals surface area contributed by atoms with E-state index in [9.17, 15) is 23.6 Å². The maximum Gasteiger partial charge on any atom is 0.312 e. The highest BCUT2D eigenvalue weighted by atomic mass is 32.2. The van der Waals surface area contributed by atoms with Gasteiger partial charge in [-0.1, -0.05) is 6.42 Å². The summed E-state index contributed by atoms with van der Waals surface area (Å²) in [6.07, 6.45) is 4.92. The average Bonchev–Trinajstić information content (AvgIpc) is 2.37. The normalized spacial score (nSPS) is 17.2. The van der Waals surface area contributed by atoms with Gasteiger partial charge in [0.15, 0.2) is 5.75 Å². The molecule has 21 heavy (non-hydrogen) atoms. The van der Waals surface area contributed by atoms with Crippen LogP contribution in [0.25, 0.3) is 0 Å². The molecule has 116 valence electrons. The van der Waals surface area contributed by atoms with Crippen LogP contribution in [0.3, 0.4) is 0 Å². The van der Waals surface area contributed by atoms with Crippen LogP contribution in [0.5, 0.6) is 5.75 Å². The van der Waals surface area contributed by atoms with Crippen molar-refractivity contribution in [1.82, 2.24) is 4.72 Å². The number of phenols is 1. The number of nitrogens with one attached hydrogen (secondary N) is 1. The molecular weight excluding hydrogens is 316 g/mol. The lowest BCUT2D eigenvalue weighted by atomic mass is 9.84. The molecule has 0 atom stereocenters. The summed E-state index contributed by atoms with van der Waals surface area (Å²) in [5.74, 6) is -0.557. The average molecular weight is 332 g/mol. The van der Waals surface area contributed by atoms with Crippen LogP contribution in [0.2, 0.25) is 0 Å². The molecule has 0 unspecified atom stereocenters. The minimum Gasteiger partial charge on any atom is -0.502 e. The Hall–Kier alpha value is -1.32. The lowest BCUT2D eigenvalue weighted by molar-refractivity contribution is -0.386. The molecule has 1 aliphatic rings. The fraction of sp³-hybridized carbons (Fsp3) is 0.500. The van der Waals surface area contributed by atoms with Crippen LogP contribution in [0.4, 0.5) is 5.69 Å². The molecular formula is C12H16N2O5S2. The minimum absolute atomic E-state index is 0.0735. The van der Waals surface area contributed by atoms with E-state index >= 15 is 0 Å². The van der Waals surface area contributed by atoms with Gasteiger partial charge in [0.05, 0.1) is 9.82 Å². The van der Waals surface area contributed by atoms with Crippen LogP contribution in [0.1, 0.15) is 19.3 Å². The van der Waals surface area contributed by atoms with Gasteiger partial charge in [-0.3, -0.25) is 10.1 Å². The summed E-state index contributed by atoms with van der Waals surface area (Å²) in [4.78, 5) is 9.71. The van der Waals surface area contributed by atoms with E-state index in [2.05, 4.69) is 4.72 Å². The maximum absolute atomic E-state index is 12.2. The monoisotopic (exact) mass is 332 g/mol. The van der Waals surface area contributed by atoms with E-state index in [0.29, 0.717) is 6.54 Å². The topological polar surface area (TPSA) is 110 Å². The summed E-state index contributed by atoms with van der Waals surface area (Å²) in [6, 6.07) is 3.03. The Morgan fingerprint density at radius 2 is 2.14 bits per heavy atom. The zero-order chi connectivity index (χ0) is 15.7. The molecule has 9 heteroatoms. The Morgan fingerprint density at radius 1 is 1.48 bits per heavy atom. The van der Waals surface area contributed by atoms with Gasteiger partial charge >= 0.3 is 5.69 Å². The Kier molecular flexibility index (Phi) is 4.45. The number of hydrogen-bond acceptors (Lipinski definition) is 6. The van der Waals surface area contributed by atoms with E-state index in [1.54, 1.807) is 11.8 Å². The van der Waals surface area contributed by atoms with E-state index in [-0.39, 0.29) is 9.64 Å². The molecule has 1 aliphatic carbocycles. The van der Waals surface area contributed by atoms with Crippen molar-refractivity contribution in [3.63, 3.8) is 0 Å². The number of nitro benzene ring substituents is 1. The Balaban J connectivity index is 2.20. The van der Waals surface area contributed by atoms with Gasteiger partial charge in [0.1, 0.15) is 0 Å². The largest absolute Gasteiger partial charge is 0.502 e. The van der Waals surface area contributed by atoms with Crippen LogP contribution in [-0.4, -0.2) is 36.0 Å². The smallest absolute Gasteiger partial charge is 0.312 e. The first-order valence-electron chi connectivity index (χ1n) is 6.32. The van der Waals surface area contributed by atoms with Gasteiger partial charge in [0, 0.05) is 17.4 Å². The van der Waals surface area contributed by atoms with E-state index in [1.165, 1.54) is 0 Å². The molecule has 0 aromatic heterocycles. The van der Waals surface area contributed by atoms with Crippen molar-refractivity contribution in [2.45, 2.75) is 28.9 Å². The summed E-state index contributed by atoms with van der Waals surface area (Å²) in [5.41, 5.74) is -0.624. The number of aromatic hydroxyl groups is 1. The van der Waals surface area contributed by atoms with E-state index in [4.69, 9.17) is 0 Å². The first-order chi connectivity index (χ1) is 9.80. The second-order valence-corrected chi connectivity index (χ2v) is 8.01. The van der Waals surface area contributed by atoms with Crippen LogP contribution < -0.4 is 4.72 Å². The Labute approximate surface area is 126 Å². The molecule has 0 spiro atoms. The molecule has 0 saturated heterocycles.